The number of nitrogens with zero attached hydrogens (tertiary/aromatic N) is 2. The largest absolute Gasteiger partial charge is 0.445 e. The summed E-state index contributed by atoms with van der Waals surface area (Å²) in [5.74, 6) is 0. The van der Waals surface area contributed by atoms with Crippen molar-refractivity contribution in [2.45, 2.75) is 32.9 Å². The Bertz CT molecular complexity index is 371. The standard InChI is InChI=1S/C10H15N3O2/c1-7(2)15-10(14)13-9-3-4-11-5-8(9)6-12-13/h6-7,11H,3-5H2,1-2H3. The van der Waals surface area contributed by atoms with Gasteiger partial charge in [0.15, 0.2) is 0 Å². The van der Waals surface area contributed by atoms with Gasteiger partial charge in [-0.2, -0.15) is 9.78 Å². The van der Waals surface area contributed by atoms with Gasteiger partial charge in [-0.3, -0.25) is 0 Å². The highest BCUT2D eigenvalue weighted by molar-refractivity contribution is 5.70. The van der Waals surface area contributed by atoms with E-state index in [2.05, 4.69) is 10.4 Å². The van der Waals surface area contributed by atoms with Crippen LogP contribution in [0.1, 0.15) is 25.1 Å². The second-order valence-electron chi connectivity index (χ2n) is 3.89. The Morgan fingerprint density at radius 1 is 1.67 bits per heavy atom. The maximum atomic E-state index is 11.6. The van der Waals surface area contributed by atoms with Crippen molar-refractivity contribution in [3.05, 3.63) is 17.5 Å². The van der Waals surface area contributed by atoms with Crippen LogP contribution >= 0.6 is 0 Å². The lowest BCUT2D eigenvalue weighted by Gasteiger charge is -2.15. The predicted octanol–water partition coefficient (Wildman–Crippen LogP) is 0.922. The average molecular weight is 209 g/mol. The van der Waals surface area contributed by atoms with Crippen LogP contribution in [-0.2, 0) is 17.7 Å². The van der Waals surface area contributed by atoms with Crippen LogP contribution in [0.25, 0.3) is 0 Å². The third-order valence-electron chi connectivity index (χ3n) is 2.32. The van der Waals surface area contributed by atoms with Crippen molar-refractivity contribution in [1.82, 2.24) is 15.1 Å². The third kappa shape index (κ3) is 2.02. The summed E-state index contributed by atoms with van der Waals surface area (Å²) in [6.07, 6.45) is 2.05. The van der Waals surface area contributed by atoms with E-state index in [1.165, 1.54) is 4.68 Å². The van der Waals surface area contributed by atoms with Gasteiger partial charge in [0.25, 0.3) is 0 Å². The number of hydrogen-bond acceptors (Lipinski definition) is 4. The molecule has 82 valence electrons. The number of ether oxygens (including phenoxy) is 1. The molecule has 0 bridgehead atoms. The minimum absolute atomic E-state index is 0.112. The molecule has 0 radical (unpaired) electrons. The van der Waals surface area contributed by atoms with Gasteiger partial charge >= 0.3 is 6.09 Å². The lowest BCUT2D eigenvalue weighted by atomic mass is 10.1. The zero-order valence-electron chi connectivity index (χ0n) is 8.99. The van der Waals surface area contributed by atoms with E-state index in [0.29, 0.717) is 0 Å². The maximum Gasteiger partial charge on any atom is 0.435 e. The quantitative estimate of drug-likeness (QED) is 0.747. The molecule has 0 saturated heterocycles. The lowest BCUT2D eigenvalue weighted by molar-refractivity contribution is 0.113. The van der Waals surface area contributed by atoms with Crippen LogP contribution in [0.2, 0.25) is 0 Å². The van der Waals surface area contributed by atoms with Crippen molar-refractivity contribution in [1.29, 1.82) is 0 Å². The van der Waals surface area contributed by atoms with E-state index >= 15 is 0 Å². The smallest absolute Gasteiger partial charge is 0.435 e. The van der Waals surface area contributed by atoms with Crippen molar-refractivity contribution in [3.8, 4) is 0 Å². The number of carbonyl (C=O) groups excluding carboxylic acids is 1. The molecule has 1 N–H and O–H groups in total. The van der Waals surface area contributed by atoms with Gasteiger partial charge in [-0.05, 0) is 13.8 Å². The van der Waals surface area contributed by atoms with Crippen LogP contribution in [0.4, 0.5) is 4.79 Å². The van der Waals surface area contributed by atoms with Crippen LogP contribution < -0.4 is 5.32 Å². The Morgan fingerprint density at radius 2 is 2.47 bits per heavy atom. The minimum atomic E-state index is -0.381. The molecule has 1 aromatic heterocycles. The number of fused-ring (bicyclic) bond motifs is 1. The first-order valence-corrected chi connectivity index (χ1v) is 5.16. The molecule has 1 aliphatic heterocycles. The molecule has 0 saturated carbocycles. The molecule has 0 aliphatic carbocycles. The van der Waals surface area contributed by atoms with Gasteiger partial charge in [-0.15, -0.1) is 0 Å². The molecule has 0 fully saturated rings. The van der Waals surface area contributed by atoms with E-state index in [4.69, 9.17) is 4.74 Å². The summed E-state index contributed by atoms with van der Waals surface area (Å²) < 4.78 is 6.47. The topological polar surface area (TPSA) is 56.2 Å². The van der Waals surface area contributed by atoms with E-state index < -0.39 is 0 Å². The van der Waals surface area contributed by atoms with E-state index in [-0.39, 0.29) is 12.2 Å². The second kappa shape index (κ2) is 4.02. The molecule has 0 atom stereocenters. The molecular weight excluding hydrogens is 194 g/mol. The zero-order valence-corrected chi connectivity index (χ0v) is 8.99. The van der Waals surface area contributed by atoms with Crippen molar-refractivity contribution in [2.75, 3.05) is 6.54 Å². The van der Waals surface area contributed by atoms with E-state index in [1.807, 2.05) is 13.8 Å². The number of nitrogens with one attached hydrogen (secondary N) is 1. The molecule has 15 heavy (non-hydrogen) atoms. The molecule has 0 spiro atoms. The average Bonchev–Trinajstić information content (AvgIpc) is 2.59. The summed E-state index contributed by atoms with van der Waals surface area (Å²) in [6, 6.07) is 0. The molecule has 5 nitrogen and oxygen atoms in total. The highest BCUT2D eigenvalue weighted by atomic mass is 16.6. The monoisotopic (exact) mass is 209 g/mol. The first-order valence-electron chi connectivity index (χ1n) is 5.16. The van der Waals surface area contributed by atoms with Gasteiger partial charge in [0, 0.05) is 25.1 Å². The van der Waals surface area contributed by atoms with Gasteiger partial charge in [0.2, 0.25) is 0 Å². The fourth-order valence-electron chi connectivity index (χ4n) is 1.66. The Balaban J connectivity index is 2.21. The number of rotatable bonds is 1. The summed E-state index contributed by atoms with van der Waals surface area (Å²) in [6.45, 7) is 5.32. The van der Waals surface area contributed by atoms with Gasteiger partial charge in [-0.25, -0.2) is 4.79 Å². The molecule has 1 aliphatic rings. The number of aromatic nitrogens is 2. The van der Waals surface area contributed by atoms with E-state index in [1.54, 1.807) is 6.20 Å². The van der Waals surface area contributed by atoms with Crippen LogP contribution in [0.3, 0.4) is 0 Å². The Kier molecular flexibility index (Phi) is 2.73. The predicted molar refractivity (Wildman–Crippen MR) is 54.7 cm³/mol. The molecule has 0 aromatic carbocycles. The number of carbonyl (C=O) groups is 1. The third-order valence-corrected chi connectivity index (χ3v) is 2.32. The van der Waals surface area contributed by atoms with Crippen molar-refractivity contribution >= 4 is 6.09 Å². The van der Waals surface area contributed by atoms with Crippen molar-refractivity contribution in [2.24, 2.45) is 0 Å². The summed E-state index contributed by atoms with van der Waals surface area (Å²) in [4.78, 5) is 11.6. The Labute approximate surface area is 88.4 Å². The highest BCUT2D eigenvalue weighted by Crippen LogP contribution is 2.13. The molecule has 0 amide bonds. The summed E-state index contributed by atoms with van der Waals surface area (Å²) in [5.41, 5.74) is 2.06. The lowest BCUT2D eigenvalue weighted by Crippen LogP contribution is -2.28. The van der Waals surface area contributed by atoms with Gasteiger partial charge in [0.05, 0.1) is 18.0 Å². The fraction of sp³-hybridized carbons (Fsp3) is 0.600. The molecule has 2 heterocycles. The van der Waals surface area contributed by atoms with Crippen LogP contribution in [0.5, 0.6) is 0 Å². The Morgan fingerprint density at radius 3 is 3.20 bits per heavy atom. The molecular formula is C10H15N3O2. The first kappa shape index (κ1) is 10.2. The van der Waals surface area contributed by atoms with Crippen molar-refractivity contribution < 1.29 is 9.53 Å². The van der Waals surface area contributed by atoms with Crippen LogP contribution in [0, 0.1) is 0 Å². The van der Waals surface area contributed by atoms with E-state index in [9.17, 15) is 4.79 Å². The first-order chi connectivity index (χ1) is 7.18. The van der Waals surface area contributed by atoms with Crippen molar-refractivity contribution in [3.63, 3.8) is 0 Å². The van der Waals surface area contributed by atoms with Crippen LogP contribution in [-0.4, -0.2) is 28.5 Å². The minimum Gasteiger partial charge on any atom is -0.445 e. The van der Waals surface area contributed by atoms with Gasteiger partial charge < -0.3 is 10.1 Å². The maximum absolute atomic E-state index is 11.6. The molecule has 2 rings (SSSR count). The molecule has 1 aromatic rings. The molecule has 5 heteroatoms. The van der Waals surface area contributed by atoms with Gasteiger partial charge in [-0.1, -0.05) is 0 Å². The summed E-state index contributed by atoms with van der Waals surface area (Å²) in [7, 11) is 0. The highest BCUT2D eigenvalue weighted by Gasteiger charge is 2.19. The number of hydrogen-bond donors (Lipinski definition) is 1. The second-order valence-corrected chi connectivity index (χ2v) is 3.89. The van der Waals surface area contributed by atoms with E-state index in [0.717, 1.165) is 30.8 Å². The normalized spacial score (nSPS) is 15.1. The fourth-order valence-corrected chi connectivity index (χ4v) is 1.66. The van der Waals surface area contributed by atoms with Crippen LogP contribution in [0.15, 0.2) is 6.20 Å². The summed E-state index contributed by atoms with van der Waals surface area (Å²) in [5, 5.41) is 7.28. The molecule has 0 unspecified atom stereocenters. The SMILES string of the molecule is CC(C)OC(=O)n1ncc2c1CCNC2. The zero-order chi connectivity index (χ0) is 10.8. The summed E-state index contributed by atoms with van der Waals surface area (Å²) >= 11 is 0. The Hall–Kier alpha value is -1.36. The van der Waals surface area contributed by atoms with Gasteiger partial charge in [0.1, 0.15) is 0 Å².